The molecule has 0 saturated heterocycles. The summed E-state index contributed by atoms with van der Waals surface area (Å²) in [6, 6.07) is 4.68. The molecule has 27 heavy (non-hydrogen) atoms. The molecule has 0 spiro atoms. The van der Waals surface area contributed by atoms with E-state index in [-0.39, 0.29) is 4.90 Å². The Labute approximate surface area is 153 Å². The Kier molecular flexibility index (Phi) is 6.01. The van der Waals surface area contributed by atoms with Crippen molar-refractivity contribution in [2.24, 2.45) is 0 Å². The SMILES string of the molecule is CN(C)S(=O)(=O)c1ccc(F)c(C(=O)OCC(=O)c2cc(F)ccc2F)c1. The Bertz CT molecular complexity index is 1010. The number of carbonyl (C=O) groups excluding carboxylic acids is 2. The van der Waals surface area contributed by atoms with Gasteiger partial charge in [-0.15, -0.1) is 0 Å². The predicted octanol–water partition coefficient (Wildman–Crippen LogP) is 2.39. The van der Waals surface area contributed by atoms with Crippen LogP contribution in [0.15, 0.2) is 41.3 Å². The van der Waals surface area contributed by atoms with Crippen molar-refractivity contribution in [2.75, 3.05) is 20.7 Å². The molecular formula is C17H14F3NO5S. The number of ketones is 1. The van der Waals surface area contributed by atoms with Crippen LogP contribution in [0, 0.1) is 17.5 Å². The molecule has 0 radical (unpaired) electrons. The summed E-state index contributed by atoms with van der Waals surface area (Å²) < 4.78 is 70.1. The van der Waals surface area contributed by atoms with Gasteiger partial charge in [0.15, 0.2) is 6.61 Å². The van der Waals surface area contributed by atoms with Crippen LogP contribution in [0.1, 0.15) is 20.7 Å². The maximum absolute atomic E-state index is 13.9. The Morgan fingerprint density at radius 1 is 0.963 bits per heavy atom. The summed E-state index contributed by atoms with van der Waals surface area (Å²) in [6.07, 6.45) is 0. The second kappa shape index (κ2) is 7.89. The van der Waals surface area contributed by atoms with E-state index in [1.54, 1.807) is 0 Å². The summed E-state index contributed by atoms with van der Waals surface area (Å²) in [7, 11) is -1.43. The first-order valence-corrected chi connectivity index (χ1v) is 8.85. The first kappa shape index (κ1) is 20.6. The average molecular weight is 401 g/mol. The van der Waals surface area contributed by atoms with Crippen LogP contribution in [0.5, 0.6) is 0 Å². The molecule has 2 aromatic rings. The van der Waals surface area contributed by atoms with E-state index in [1.807, 2.05) is 0 Å². The van der Waals surface area contributed by atoms with E-state index in [1.165, 1.54) is 14.1 Å². The molecule has 6 nitrogen and oxygen atoms in total. The minimum absolute atomic E-state index is 0.358. The molecule has 0 aliphatic heterocycles. The molecule has 0 fully saturated rings. The van der Waals surface area contributed by atoms with Crippen molar-refractivity contribution in [3.63, 3.8) is 0 Å². The van der Waals surface area contributed by atoms with Crippen LogP contribution in [0.4, 0.5) is 13.2 Å². The van der Waals surface area contributed by atoms with E-state index < -0.39 is 57.0 Å². The third-order valence-corrected chi connectivity index (χ3v) is 5.31. The van der Waals surface area contributed by atoms with Crippen LogP contribution in [0.2, 0.25) is 0 Å². The molecule has 0 heterocycles. The van der Waals surface area contributed by atoms with Gasteiger partial charge in [-0.05, 0) is 36.4 Å². The molecule has 0 atom stereocenters. The molecule has 2 aromatic carbocycles. The molecule has 2 rings (SSSR count). The lowest BCUT2D eigenvalue weighted by Crippen LogP contribution is -2.23. The van der Waals surface area contributed by atoms with Crippen LogP contribution in [-0.4, -0.2) is 45.2 Å². The maximum Gasteiger partial charge on any atom is 0.341 e. The molecule has 0 bridgehead atoms. The van der Waals surface area contributed by atoms with Gasteiger partial charge in [0.25, 0.3) is 0 Å². The summed E-state index contributed by atoms with van der Waals surface area (Å²) in [5.41, 5.74) is -1.35. The van der Waals surface area contributed by atoms with Crippen molar-refractivity contribution >= 4 is 21.8 Å². The van der Waals surface area contributed by atoms with E-state index in [0.29, 0.717) is 6.07 Å². The lowest BCUT2D eigenvalue weighted by Gasteiger charge is -2.12. The lowest BCUT2D eigenvalue weighted by atomic mass is 10.1. The normalized spacial score (nSPS) is 11.5. The second-order valence-electron chi connectivity index (χ2n) is 5.55. The van der Waals surface area contributed by atoms with Gasteiger partial charge in [0.05, 0.1) is 16.0 Å². The zero-order valence-corrected chi connectivity index (χ0v) is 15.0. The lowest BCUT2D eigenvalue weighted by molar-refractivity contribution is 0.0468. The van der Waals surface area contributed by atoms with Gasteiger partial charge in [-0.25, -0.2) is 30.7 Å². The molecule has 0 N–H and O–H groups in total. The fraction of sp³-hybridized carbons (Fsp3) is 0.176. The molecular weight excluding hydrogens is 387 g/mol. The van der Waals surface area contributed by atoms with Crippen LogP contribution in [0.25, 0.3) is 0 Å². The fourth-order valence-corrected chi connectivity index (χ4v) is 2.96. The zero-order valence-electron chi connectivity index (χ0n) is 14.2. The Morgan fingerprint density at radius 2 is 1.56 bits per heavy atom. The molecule has 0 saturated carbocycles. The summed E-state index contributed by atoms with van der Waals surface area (Å²) in [5.74, 6) is -5.31. The number of Topliss-reactive ketones (excluding diaryl/α,β-unsaturated/α-hetero) is 1. The largest absolute Gasteiger partial charge is 0.454 e. The smallest absolute Gasteiger partial charge is 0.341 e. The van der Waals surface area contributed by atoms with Crippen molar-refractivity contribution in [2.45, 2.75) is 4.90 Å². The molecule has 0 unspecified atom stereocenters. The van der Waals surface area contributed by atoms with Crippen molar-refractivity contribution in [1.29, 1.82) is 0 Å². The van der Waals surface area contributed by atoms with Crippen molar-refractivity contribution < 1.29 is 35.9 Å². The van der Waals surface area contributed by atoms with E-state index in [2.05, 4.69) is 4.74 Å². The van der Waals surface area contributed by atoms with Crippen LogP contribution in [-0.2, 0) is 14.8 Å². The van der Waals surface area contributed by atoms with Gasteiger partial charge in [-0.3, -0.25) is 4.79 Å². The van der Waals surface area contributed by atoms with Crippen molar-refractivity contribution in [3.8, 4) is 0 Å². The van der Waals surface area contributed by atoms with Crippen LogP contribution >= 0.6 is 0 Å². The average Bonchev–Trinajstić information content (AvgIpc) is 2.61. The highest BCUT2D eigenvalue weighted by Gasteiger charge is 2.23. The molecule has 10 heteroatoms. The van der Waals surface area contributed by atoms with Crippen molar-refractivity contribution in [3.05, 3.63) is 65.0 Å². The number of esters is 1. The van der Waals surface area contributed by atoms with Gasteiger partial charge in [0.1, 0.15) is 17.5 Å². The molecule has 0 aromatic heterocycles. The summed E-state index contributed by atoms with van der Waals surface area (Å²) in [5, 5.41) is 0. The van der Waals surface area contributed by atoms with E-state index in [9.17, 15) is 31.2 Å². The van der Waals surface area contributed by atoms with Gasteiger partial charge in [-0.2, -0.15) is 0 Å². The summed E-state index contributed by atoms with van der Waals surface area (Å²) >= 11 is 0. The molecule has 144 valence electrons. The van der Waals surface area contributed by atoms with Crippen LogP contribution < -0.4 is 0 Å². The first-order chi connectivity index (χ1) is 12.5. The maximum atomic E-state index is 13.9. The number of rotatable bonds is 6. The highest BCUT2D eigenvalue weighted by Crippen LogP contribution is 2.19. The van der Waals surface area contributed by atoms with Gasteiger partial charge < -0.3 is 4.74 Å². The number of ether oxygens (including phenoxy) is 1. The highest BCUT2D eigenvalue weighted by atomic mass is 32.2. The van der Waals surface area contributed by atoms with Crippen molar-refractivity contribution in [1.82, 2.24) is 4.31 Å². The Morgan fingerprint density at radius 3 is 2.19 bits per heavy atom. The number of halogens is 3. The van der Waals surface area contributed by atoms with E-state index in [4.69, 9.17) is 0 Å². The fourth-order valence-electron chi connectivity index (χ4n) is 2.03. The van der Waals surface area contributed by atoms with E-state index in [0.717, 1.165) is 34.6 Å². The van der Waals surface area contributed by atoms with Gasteiger partial charge in [0.2, 0.25) is 15.8 Å². The number of hydrogen-bond donors (Lipinski definition) is 0. The number of sulfonamides is 1. The predicted molar refractivity (Wildman–Crippen MR) is 88.2 cm³/mol. The molecule has 0 aliphatic carbocycles. The number of carbonyl (C=O) groups is 2. The monoisotopic (exact) mass is 401 g/mol. The third-order valence-electron chi connectivity index (χ3n) is 3.50. The second-order valence-corrected chi connectivity index (χ2v) is 7.70. The minimum Gasteiger partial charge on any atom is -0.454 e. The number of benzene rings is 2. The Balaban J connectivity index is 2.21. The molecule has 0 aliphatic rings. The minimum atomic E-state index is -3.93. The topological polar surface area (TPSA) is 80.8 Å². The Hall–Kier alpha value is -2.72. The third kappa shape index (κ3) is 4.52. The first-order valence-electron chi connectivity index (χ1n) is 7.41. The summed E-state index contributed by atoms with van der Waals surface area (Å²) in [6.45, 7) is -0.983. The van der Waals surface area contributed by atoms with Gasteiger partial charge >= 0.3 is 5.97 Å². The number of nitrogens with zero attached hydrogens (tertiary/aromatic N) is 1. The van der Waals surface area contributed by atoms with Crippen LogP contribution in [0.3, 0.4) is 0 Å². The summed E-state index contributed by atoms with van der Waals surface area (Å²) in [4.78, 5) is 23.5. The highest BCUT2D eigenvalue weighted by molar-refractivity contribution is 7.89. The standard InChI is InChI=1S/C17H14F3NO5S/c1-21(2)27(24,25)11-4-6-15(20)13(8-11)17(23)26-9-16(22)12-7-10(18)3-5-14(12)19/h3-8H,9H2,1-2H3. The van der Waals surface area contributed by atoms with E-state index >= 15 is 0 Å². The molecule has 0 amide bonds. The van der Waals surface area contributed by atoms with Gasteiger partial charge in [-0.1, -0.05) is 0 Å². The quantitative estimate of drug-likeness (QED) is 0.549. The van der Waals surface area contributed by atoms with Gasteiger partial charge in [0, 0.05) is 14.1 Å². The zero-order chi connectivity index (χ0) is 20.4. The number of hydrogen-bond acceptors (Lipinski definition) is 5.